The van der Waals surface area contributed by atoms with Gasteiger partial charge in [-0.25, -0.2) is 4.79 Å². The Hall–Kier alpha value is -1.62. The predicted molar refractivity (Wildman–Crippen MR) is 87.8 cm³/mol. The number of rotatable bonds is 2. The highest BCUT2D eigenvalue weighted by molar-refractivity contribution is 5.91. The lowest BCUT2D eigenvalue weighted by Crippen LogP contribution is -2.40. The van der Waals surface area contributed by atoms with Crippen molar-refractivity contribution in [2.24, 2.45) is 23.7 Å². The van der Waals surface area contributed by atoms with E-state index in [-0.39, 0.29) is 30.1 Å². The van der Waals surface area contributed by atoms with E-state index in [2.05, 4.69) is 12.7 Å². The molecule has 0 aromatic heterocycles. The Balaban J connectivity index is 2.01. The van der Waals surface area contributed by atoms with Gasteiger partial charge < -0.3 is 14.6 Å². The lowest BCUT2D eigenvalue weighted by atomic mass is 9.76. The summed E-state index contributed by atoms with van der Waals surface area (Å²) in [4.78, 5) is 24.3. The van der Waals surface area contributed by atoms with Crippen LogP contribution in [-0.4, -0.2) is 34.9 Å². The van der Waals surface area contributed by atoms with Gasteiger partial charge in [-0.2, -0.15) is 0 Å². The highest BCUT2D eigenvalue weighted by atomic mass is 16.6. The van der Waals surface area contributed by atoms with Crippen molar-refractivity contribution in [2.75, 3.05) is 0 Å². The molecule has 3 rings (SSSR count). The molecule has 0 aromatic rings. The minimum absolute atomic E-state index is 0.0496. The number of fused-ring (bicyclic) bond motifs is 3. The molecule has 1 N–H and O–H groups in total. The minimum Gasteiger partial charge on any atom is -0.461 e. The summed E-state index contributed by atoms with van der Waals surface area (Å²) >= 11 is 0. The molecule has 5 nitrogen and oxygen atoms in total. The number of carbonyl (C=O) groups excluding carboxylic acids is 2. The van der Waals surface area contributed by atoms with Crippen molar-refractivity contribution in [3.8, 4) is 0 Å². The minimum atomic E-state index is -1.00. The average Bonchev–Trinajstić information content (AvgIpc) is 2.96. The van der Waals surface area contributed by atoms with Crippen LogP contribution in [0.25, 0.3) is 0 Å². The summed E-state index contributed by atoms with van der Waals surface area (Å²) in [5.41, 5.74) is 0.462. The van der Waals surface area contributed by atoms with Crippen LogP contribution in [0.5, 0.6) is 0 Å². The van der Waals surface area contributed by atoms with Crippen LogP contribution in [-0.2, 0) is 19.1 Å². The monoisotopic (exact) mass is 334 g/mol. The van der Waals surface area contributed by atoms with Gasteiger partial charge in [0.1, 0.15) is 12.2 Å². The van der Waals surface area contributed by atoms with Crippen LogP contribution >= 0.6 is 0 Å². The highest BCUT2D eigenvalue weighted by Crippen LogP contribution is 2.52. The third-order valence-corrected chi connectivity index (χ3v) is 5.82. The largest absolute Gasteiger partial charge is 0.461 e. The van der Waals surface area contributed by atoms with Crippen molar-refractivity contribution < 1.29 is 24.2 Å². The molecule has 1 heterocycles. The van der Waals surface area contributed by atoms with Crippen LogP contribution in [0, 0.1) is 23.7 Å². The molecule has 0 bridgehead atoms. The molecule has 0 aromatic carbocycles. The Kier molecular flexibility index (Phi) is 4.11. The molecule has 3 aliphatic rings. The molecule has 6 unspecified atom stereocenters. The van der Waals surface area contributed by atoms with Gasteiger partial charge in [0.15, 0.2) is 0 Å². The zero-order valence-corrected chi connectivity index (χ0v) is 14.7. The quantitative estimate of drug-likeness (QED) is 0.477. The number of aliphatic hydroxyl groups is 1. The Morgan fingerprint density at radius 3 is 2.75 bits per heavy atom. The molecule has 6 atom stereocenters. The van der Waals surface area contributed by atoms with Gasteiger partial charge in [-0.3, -0.25) is 4.79 Å². The second kappa shape index (κ2) is 5.73. The third-order valence-electron chi connectivity index (χ3n) is 5.82. The van der Waals surface area contributed by atoms with Gasteiger partial charge in [0.05, 0.1) is 17.4 Å². The van der Waals surface area contributed by atoms with Gasteiger partial charge in [0, 0.05) is 23.8 Å². The zero-order chi connectivity index (χ0) is 17.8. The van der Waals surface area contributed by atoms with Gasteiger partial charge in [-0.1, -0.05) is 32.1 Å². The molecule has 1 aliphatic heterocycles. The summed E-state index contributed by atoms with van der Waals surface area (Å²) in [6.45, 7) is 11.2. The van der Waals surface area contributed by atoms with E-state index in [0.717, 1.165) is 12.0 Å². The number of allylic oxidation sites excluding steroid dienone is 1. The fourth-order valence-corrected chi connectivity index (χ4v) is 4.47. The van der Waals surface area contributed by atoms with E-state index in [1.807, 2.05) is 6.92 Å². The number of esters is 2. The summed E-state index contributed by atoms with van der Waals surface area (Å²) in [7, 11) is 0. The second-order valence-corrected chi connectivity index (χ2v) is 7.93. The molecule has 0 spiro atoms. The number of ether oxygens (including phenoxy) is 2. The fraction of sp³-hybridized carbons (Fsp3) is 0.684. The maximum absolute atomic E-state index is 12.2. The summed E-state index contributed by atoms with van der Waals surface area (Å²) in [5, 5.41) is 11.1. The summed E-state index contributed by atoms with van der Waals surface area (Å²) in [6, 6.07) is 0. The summed E-state index contributed by atoms with van der Waals surface area (Å²) < 4.78 is 11.3. The van der Waals surface area contributed by atoms with Crippen LogP contribution in [0.3, 0.4) is 0 Å². The summed E-state index contributed by atoms with van der Waals surface area (Å²) in [5.74, 6) is -1.54. The highest BCUT2D eigenvalue weighted by Gasteiger charge is 2.58. The van der Waals surface area contributed by atoms with E-state index in [4.69, 9.17) is 9.47 Å². The van der Waals surface area contributed by atoms with Crippen LogP contribution < -0.4 is 0 Å². The molecule has 2 aliphatic carbocycles. The normalized spacial score (nSPS) is 41.4. The molecule has 132 valence electrons. The first-order chi connectivity index (χ1) is 11.1. The second-order valence-electron chi connectivity index (χ2n) is 7.93. The fourth-order valence-electron chi connectivity index (χ4n) is 4.47. The standard InChI is InChI=1S/C19H26O5/c1-9(2)17(20)23-13-8-19(5,22)12-7-6-10(3)14(12)16-15(13)11(4)18(21)24-16/h6,9,12-16,22H,4,7-8H2,1-3,5H3. The van der Waals surface area contributed by atoms with Gasteiger partial charge in [0.2, 0.25) is 0 Å². The summed E-state index contributed by atoms with van der Waals surface area (Å²) in [6.07, 6.45) is 2.10. The van der Waals surface area contributed by atoms with E-state index in [9.17, 15) is 14.7 Å². The van der Waals surface area contributed by atoms with E-state index in [0.29, 0.717) is 5.57 Å². The number of carbonyl (C=O) groups is 2. The number of hydrogen-bond donors (Lipinski definition) is 1. The van der Waals surface area contributed by atoms with E-state index in [1.165, 1.54) is 0 Å². The molecule has 5 heteroatoms. The predicted octanol–water partition coefficient (Wildman–Crippen LogP) is 2.39. The third kappa shape index (κ3) is 2.59. The van der Waals surface area contributed by atoms with Crippen molar-refractivity contribution in [1.82, 2.24) is 0 Å². The molecule has 24 heavy (non-hydrogen) atoms. The first-order valence-electron chi connectivity index (χ1n) is 8.62. The van der Waals surface area contributed by atoms with E-state index >= 15 is 0 Å². The smallest absolute Gasteiger partial charge is 0.334 e. The molecular formula is C19H26O5. The van der Waals surface area contributed by atoms with Gasteiger partial charge in [0.25, 0.3) is 0 Å². The van der Waals surface area contributed by atoms with E-state index in [1.54, 1.807) is 20.8 Å². The Labute approximate surface area is 142 Å². The van der Waals surface area contributed by atoms with E-state index < -0.39 is 29.7 Å². The maximum atomic E-state index is 12.2. The van der Waals surface area contributed by atoms with Crippen molar-refractivity contribution in [1.29, 1.82) is 0 Å². The molecule has 2 fully saturated rings. The topological polar surface area (TPSA) is 72.8 Å². The first kappa shape index (κ1) is 17.2. The van der Waals surface area contributed by atoms with Crippen molar-refractivity contribution in [2.45, 2.75) is 58.3 Å². The molecule has 0 amide bonds. The lowest BCUT2D eigenvalue weighted by molar-refractivity contribution is -0.158. The average molecular weight is 334 g/mol. The zero-order valence-electron chi connectivity index (χ0n) is 14.7. The van der Waals surface area contributed by atoms with Crippen molar-refractivity contribution in [3.05, 3.63) is 23.8 Å². The van der Waals surface area contributed by atoms with Crippen molar-refractivity contribution >= 4 is 11.9 Å². The van der Waals surface area contributed by atoms with Crippen LogP contribution in [0.1, 0.15) is 40.5 Å². The Morgan fingerprint density at radius 2 is 2.12 bits per heavy atom. The van der Waals surface area contributed by atoms with Gasteiger partial charge >= 0.3 is 11.9 Å². The molecular weight excluding hydrogens is 308 g/mol. The number of hydrogen-bond acceptors (Lipinski definition) is 5. The van der Waals surface area contributed by atoms with Crippen LogP contribution in [0.15, 0.2) is 23.8 Å². The Bertz CT molecular complexity index is 615. The SMILES string of the molecule is C=C1C(=O)OC2C1C(OC(=O)C(C)C)CC(C)(O)C1CC=C(C)C21. The van der Waals surface area contributed by atoms with Gasteiger partial charge in [-0.05, 0) is 20.3 Å². The Morgan fingerprint density at radius 1 is 1.46 bits per heavy atom. The molecule has 1 saturated heterocycles. The van der Waals surface area contributed by atoms with Crippen molar-refractivity contribution in [3.63, 3.8) is 0 Å². The van der Waals surface area contributed by atoms with Crippen LogP contribution in [0.4, 0.5) is 0 Å². The maximum Gasteiger partial charge on any atom is 0.334 e. The first-order valence-corrected chi connectivity index (χ1v) is 8.62. The molecule has 0 radical (unpaired) electrons. The molecule has 1 saturated carbocycles. The van der Waals surface area contributed by atoms with Crippen LogP contribution in [0.2, 0.25) is 0 Å². The van der Waals surface area contributed by atoms with Gasteiger partial charge in [-0.15, -0.1) is 0 Å². The lowest BCUT2D eigenvalue weighted by Gasteiger charge is -2.34.